The highest BCUT2D eigenvalue weighted by Crippen LogP contribution is 2.29. The van der Waals surface area contributed by atoms with Gasteiger partial charge in [-0.15, -0.1) is 0 Å². The molecule has 180 valence electrons. The van der Waals surface area contributed by atoms with E-state index in [4.69, 9.17) is 0 Å². The molecule has 0 bridgehead atoms. The van der Waals surface area contributed by atoms with Crippen LogP contribution in [0.5, 0.6) is 0 Å². The minimum Gasteiger partial charge on any atom is -0.0917 e. The summed E-state index contributed by atoms with van der Waals surface area (Å²) in [7, 11) is -0.998. The molecule has 0 saturated carbocycles. The maximum Gasteiger partial charge on any atom is 0.0504 e. The first-order valence-electron chi connectivity index (χ1n) is 14.3. The SMILES string of the molecule is CC=CCCCCC[Si](C)(CCCCCCCCCC)CCCCCCCCCC. The largest absolute Gasteiger partial charge is 0.0917 e. The van der Waals surface area contributed by atoms with E-state index < -0.39 is 8.07 Å². The molecular weight excluding hydrogens is 376 g/mol. The molecule has 0 radical (unpaired) electrons. The summed E-state index contributed by atoms with van der Waals surface area (Å²) in [6, 6.07) is 4.84. The fraction of sp³-hybridized carbons (Fsp3) is 0.931. The normalized spacial score (nSPS) is 12.3. The molecule has 0 aromatic carbocycles. The molecule has 0 aliphatic heterocycles. The van der Waals surface area contributed by atoms with Crippen LogP contribution in [-0.2, 0) is 0 Å². The van der Waals surface area contributed by atoms with Crippen LogP contribution >= 0.6 is 0 Å². The second-order valence-electron chi connectivity index (χ2n) is 10.4. The van der Waals surface area contributed by atoms with Crippen molar-refractivity contribution in [2.75, 3.05) is 0 Å². The van der Waals surface area contributed by atoms with Crippen molar-refractivity contribution in [2.24, 2.45) is 0 Å². The van der Waals surface area contributed by atoms with E-state index in [1.807, 2.05) is 0 Å². The average Bonchev–Trinajstić information content (AvgIpc) is 2.74. The van der Waals surface area contributed by atoms with Gasteiger partial charge in [0.25, 0.3) is 0 Å². The van der Waals surface area contributed by atoms with Gasteiger partial charge in [0.15, 0.2) is 0 Å². The van der Waals surface area contributed by atoms with Gasteiger partial charge in [0, 0.05) is 0 Å². The summed E-state index contributed by atoms with van der Waals surface area (Å²) in [5, 5.41) is 0. The van der Waals surface area contributed by atoms with Crippen molar-refractivity contribution in [1.82, 2.24) is 0 Å². The fourth-order valence-corrected chi connectivity index (χ4v) is 8.96. The molecule has 0 amide bonds. The molecule has 0 saturated heterocycles. The quantitative estimate of drug-likeness (QED) is 0.0801. The van der Waals surface area contributed by atoms with Crippen LogP contribution in [0.2, 0.25) is 24.7 Å². The van der Waals surface area contributed by atoms with Crippen LogP contribution in [0.1, 0.15) is 149 Å². The van der Waals surface area contributed by atoms with Crippen LogP contribution in [0.3, 0.4) is 0 Å². The molecule has 0 aromatic rings. The lowest BCUT2D eigenvalue weighted by Gasteiger charge is -2.28. The summed E-state index contributed by atoms with van der Waals surface area (Å²) in [6.45, 7) is 9.55. The smallest absolute Gasteiger partial charge is 0.0504 e. The van der Waals surface area contributed by atoms with Gasteiger partial charge in [-0.25, -0.2) is 0 Å². The van der Waals surface area contributed by atoms with Crippen molar-refractivity contribution < 1.29 is 0 Å². The van der Waals surface area contributed by atoms with E-state index in [1.54, 1.807) is 18.1 Å². The first-order chi connectivity index (χ1) is 14.7. The van der Waals surface area contributed by atoms with E-state index in [1.165, 1.54) is 128 Å². The van der Waals surface area contributed by atoms with Crippen LogP contribution in [0, 0.1) is 0 Å². The Morgan fingerprint density at radius 1 is 0.467 bits per heavy atom. The number of hydrogen-bond donors (Lipinski definition) is 0. The zero-order valence-electron chi connectivity index (χ0n) is 21.9. The van der Waals surface area contributed by atoms with Gasteiger partial charge in [0.1, 0.15) is 0 Å². The molecule has 0 N–H and O–H groups in total. The Labute approximate surface area is 194 Å². The maximum atomic E-state index is 2.77. The highest BCUT2D eigenvalue weighted by molar-refractivity contribution is 6.78. The Balaban J connectivity index is 4.04. The standard InChI is InChI=1S/C29H60Si/c1-5-8-11-14-17-19-22-25-28-30(4,27-24-21-16-13-10-7-3)29-26-23-20-18-15-12-9-6-2/h7,10H,5-6,8-9,11-29H2,1-4H3. The summed E-state index contributed by atoms with van der Waals surface area (Å²) < 4.78 is 0. The summed E-state index contributed by atoms with van der Waals surface area (Å²) in [5.41, 5.74) is 0. The van der Waals surface area contributed by atoms with Gasteiger partial charge in [-0.3, -0.25) is 0 Å². The Hall–Kier alpha value is -0.0431. The van der Waals surface area contributed by atoms with Crippen LogP contribution in [-0.4, -0.2) is 8.07 Å². The van der Waals surface area contributed by atoms with Crippen molar-refractivity contribution in [3.8, 4) is 0 Å². The molecule has 0 unspecified atom stereocenters. The lowest BCUT2D eigenvalue weighted by atomic mass is 10.1. The lowest BCUT2D eigenvalue weighted by Crippen LogP contribution is -2.29. The van der Waals surface area contributed by atoms with E-state index in [2.05, 4.69) is 39.5 Å². The molecule has 0 nitrogen and oxygen atoms in total. The van der Waals surface area contributed by atoms with E-state index in [0.717, 1.165) is 0 Å². The van der Waals surface area contributed by atoms with E-state index in [-0.39, 0.29) is 0 Å². The molecular formula is C29H60Si. The Kier molecular flexibility index (Phi) is 23.6. The predicted molar refractivity (Wildman–Crippen MR) is 145 cm³/mol. The number of allylic oxidation sites excluding steroid dienone is 2. The van der Waals surface area contributed by atoms with Crippen LogP contribution in [0.25, 0.3) is 0 Å². The van der Waals surface area contributed by atoms with Crippen molar-refractivity contribution in [1.29, 1.82) is 0 Å². The Morgan fingerprint density at radius 3 is 1.17 bits per heavy atom. The van der Waals surface area contributed by atoms with Crippen LogP contribution < -0.4 is 0 Å². The highest BCUT2D eigenvalue weighted by atomic mass is 28.3. The van der Waals surface area contributed by atoms with Crippen molar-refractivity contribution in [2.45, 2.75) is 174 Å². The van der Waals surface area contributed by atoms with Crippen LogP contribution in [0.4, 0.5) is 0 Å². The van der Waals surface area contributed by atoms with Gasteiger partial charge in [-0.05, 0) is 19.8 Å². The number of unbranched alkanes of at least 4 members (excludes halogenated alkanes) is 17. The highest BCUT2D eigenvalue weighted by Gasteiger charge is 2.25. The van der Waals surface area contributed by atoms with Crippen molar-refractivity contribution in [3.63, 3.8) is 0 Å². The molecule has 0 rings (SSSR count). The first-order valence-corrected chi connectivity index (χ1v) is 17.4. The summed E-state index contributed by atoms with van der Waals surface area (Å²) in [5.74, 6) is 0. The molecule has 0 fully saturated rings. The molecule has 0 aliphatic rings. The molecule has 0 heterocycles. The van der Waals surface area contributed by atoms with Gasteiger partial charge in [-0.1, -0.05) is 166 Å². The van der Waals surface area contributed by atoms with Gasteiger partial charge in [0.2, 0.25) is 0 Å². The molecule has 0 aliphatic carbocycles. The molecule has 1 heteroatoms. The maximum absolute atomic E-state index is 2.77. The number of hydrogen-bond acceptors (Lipinski definition) is 0. The third-order valence-electron chi connectivity index (χ3n) is 7.15. The van der Waals surface area contributed by atoms with E-state index in [9.17, 15) is 0 Å². The monoisotopic (exact) mass is 436 g/mol. The second kappa shape index (κ2) is 23.6. The molecule has 0 aromatic heterocycles. The van der Waals surface area contributed by atoms with Crippen LogP contribution in [0.15, 0.2) is 12.2 Å². The molecule has 0 spiro atoms. The topological polar surface area (TPSA) is 0 Å². The minimum atomic E-state index is -0.998. The summed E-state index contributed by atoms with van der Waals surface area (Å²) in [6.07, 6.45) is 33.8. The van der Waals surface area contributed by atoms with Gasteiger partial charge in [0.05, 0.1) is 8.07 Å². The third-order valence-corrected chi connectivity index (χ3v) is 11.8. The molecule has 30 heavy (non-hydrogen) atoms. The van der Waals surface area contributed by atoms with E-state index >= 15 is 0 Å². The summed E-state index contributed by atoms with van der Waals surface area (Å²) in [4.78, 5) is 0. The summed E-state index contributed by atoms with van der Waals surface area (Å²) >= 11 is 0. The fourth-order valence-electron chi connectivity index (χ4n) is 4.90. The van der Waals surface area contributed by atoms with Gasteiger partial charge >= 0.3 is 0 Å². The lowest BCUT2D eigenvalue weighted by molar-refractivity contribution is 0.578. The van der Waals surface area contributed by atoms with E-state index in [0.29, 0.717) is 0 Å². The Bertz CT molecular complexity index is 326. The minimum absolute atomic E-state index is 0.998. The second-order valence-corrected chi connectivity index (χ2v) is 15.6. The zero-order chi connectivity index (χ0) is 22.2. The Morgan fingerprint density at radius 2 is 0.800 bits per heavy atom. The van der Waals surface area contributed by atoms with Gasteiger partial charge in [-0.2, -0.15) is 0 Å². The number of rotatable bonds is 24. The van der Waals surface area contributed by atoms with Gasteiger partial charge < -0.3 is 0 Å². The first kappa shape index (κ1) is 30.0. The van der Waals surface area contributed by atoms with Crippen molar-refractivity contribution in [3.05, 3.63) is 12.2 Å². The third kappa shape index (κ3) is 21.2. The average molecular weight is 437 g/mol. The molecule has 0 atom stereocenters. The predicted octanol–water partition coefficient (Wildman–Crippen LogP) is 11.5. The van der Waals surface area contributed by atoms with Crippen molar-refractivity contribution >= 4 is 8.07 Å². The zero-order valence-corrected chi connectivity index (χ0v) is 22.9.